The van der Waals surface area contributed by atoms with Crippen LogP contribution in [0.5, 0.6) is 0 Å². The average molecular weight is 380 g/mol. The first-order valence-corrected chi connectivity index (χ1v) is 8.74. The van der Waals surface area contributed by atoms with Gasteiger partial charge < -0.3 is 10.3 Å². The number of H-pyrrole nitrogens is 1. The Balaban J connectivity index is 2.33. The Morgan fingerprint density at radius 2 is 1.89 bits per heavy atom. The van der Waals surface area contributed by atoms with Crippen molar-refractivity contribution in [3.63, 3.8) is 0 Å². The number of alkyl halides is 3. The van der Waals surface area contributed by atoms with E-state index in [-0.39, 0.29) is 11.5 Å². The zero-order valence-corrected chi connectivity index (χ0v) is 15.8. The number of nitrogens with one attached hydrogen (secondary N) is 2. The fourth-order valence-corrected chi connectivity index (χ4v) is 3.28. The van der Waals surface area contributed by atoms with E-state index < -0.39 is 23.7 Å². The highest BCUT2D eigenvalue weighted by atomic mass is 19.4. The molecule has 0 aliphatic heterocycles. The fourth-order valence-electron chi connectivity index (χ4n) is 3.28. The Hall–Kier alpha value is -2.57. The van der Waals surface area contributed by atoms with Crippen LogP contribution in [-0.4, -0.2) is 16.7 Å². The molecular formula is C20H23F3N2O2. The molecule has 146 valence electrons. The van der Waals surface area contributed by atoms with E-state index in [9.17, 15) is 22.8 Å². The van der Waals surface area contributed by atoms with Gasteiger partial charge in [0.2, 0.25) is 0 Å². The summed E-state index contributed by atoms with van der Waals surface area (Å²) in [6, 6.07) is 4.42. The Bertz CT molecular complexity index is 853. The summed E-state index contributed by atoms with van der Waals surface area (Å²) in [5, 5.41) is 2.80. The molecule has 0 saturated heterocycles. The maximum Gasteiger partial charge on any atom is 0.416 e. The van der Waals surface area contributed by atoms with Gasteiger partial charge in [-0.05, 0) is 50.5 Å². The zero-order valence-electron chi connectivity index (χ0n) is 15.8. The predicted molar refractivity (Wildman–Crippen MR) is 96.8 cm³/mol. The molecule has 0 saturated carbocycles. The lowest BCUT2D eigenvalue weighted by molar-refractivity contribution is -0.137. The van der Waals surface area contributed by atoms with Crippen molar-refractivity contribution < 1.29 is 22.8 Å². The molecule has 0 bridgehead atoms. The van der Waals surface area contributed by atoms with E-state index in [2.05, 4.69) is 10.3 Å². The van der Waals surface area contributed by atoms with Crippen LogP contribution in [0.1, 0.15) is 76.0 Å². The van der Waals surface area contributed by atoms with Gasteiger partial charge in [-0.3, -0.25) is 9.59 Å². The van der Waals surface area contributed by atoms with Gasteiger partial charge in [0.1, 0.15) is 5.69 Å². The van der Waals surface area contributed by atoms with Gasteiger partial charge in [-0.2, -0.15) is 13.2 Å². The van der Waals surface area contributed by atoms with E-state index in [1.165, 1.54) is 13.0 Å². The van der Waals surface area contributed by atoms with Crippen molar-refractivity contribution in [3.8, 4) is 0 Å². The number of carbonyl (C=O) groups excluding carboxylic acids is 2. The quantitative estimate of drug-likeness (QED) is 0.683. The molecule has 2 aromatic rings. The van der Waals surface area contributed by atoms with Crippen LogP contribution in [0.25, 0.3) is 0 Å². The van der Waals surface area contributed by atoms with Crippen molar-refractivity contribution in [1.82, 2.24) is 10.3 Å². The topological polar surface area (TPSA) is 62.0 Å². The number of Topliss-reactive ketones (excluding diaryl/α,β-unsaturated/α-hetero) is 1. The number of aromatic nitrogens is 1. The van der Waals surface area contributed by atoms with Crippen molar-refractivity contribution in [2.75, 3.05) is 0 Å². The van der Waals surface area contributed by atoms with Crippen molar-refractivity contribution in [2.45, 2.75) is 52.8 Å². The summed E-state index contributed by atoms with van der Waals surface area (Å²) in [6.45, 7) is 6.70. The number of halogens is 3. The smallest absolute Gasteiger partial charge is 0.354 e. The third-order valence-corrected chi connectivity index (χ3v) is 4.52. The van der Waals surface area contributed by atoms with Crippen LogP contribution in [0.15, 0.2) is 24.3 Å². The summed E-state index contributed by atoms with van der Waals surface area (Å²) in [5.41, 5.74) is 1.50. The van der Waals surface area contributed by atoms with E-state index in [0.29, 0.717) is 35.2 Å². The second kappa shape index (κ2) is 7.98. The number of carbonyl (C=O) groups is 2. The van der Waals surface area contributed by atoms with Crippen molar-refractivity contribution in [2.24, 2.45) is 0 Å². The number of aryl methyl sites for hydroxylation is 1. The van der Waals surface area contributed by atoms with Crippen molar-refractivity contribution in [1.29, 1.82) is 0 Å². The highest BCUT2D eigenvalue weighted by molar-refractivity contribution is 6.02. The standard InChI is InChI=1S/C20H23F3N2O2/c1-5-7-16(14-8-6-9-15(10-14)20(21,22)23)25-19(27)18-11(2)17(13(4)26)12(3)24-18/h6,8-10,16,24H,5,7H2,1-4H3,(H,25,27). The molecule has 1 aromatic heterocycles. The molecule has 1 heterocycles. The number of rotatable bonds is 6. The first-order valence-electron chi connectivity index (χ1n) is 8.74. The summed E-state index contributed by atoms with van der Waals surface area (Å²) in [7, 11) is 0. The van der Waals surface area contributed by atoms with Crippen molar-refractivity contribution in [3.05, 3.63) is 57.9 Å². The summed E-state index contributed by atoms with van der Waals surface area (Å²) in [5.74, 6) is -0.595. The molecule has 0 aliphatic carbocycles. The van der Waals surface area contributed by atoms with Gasteiger partial charge in [0.05, 0.1) is 11.6 Å². The Labute approximate surface area is 156 Å². The van der Waals surface area contributed by atoms with Gasteiger partial charge in [0, 0.05) is 11.3 Å². The van der Waals surface area contributed by atoms with Crippen LogP contribution in [-0.2, 0) is 6.18 Å². The van der Waals surface area contributed by atoms with Crippen LogP contribution in [0, 0.1) is 13.8 Å². The maximum absolute atomic E-state index is 13.0. The zero-order chi connectivity index (χ0) is 20.4. The average Bonchev–Trinajstić information content (AvgIpc) is 2.88. The van der Waals surface area contributed by atoms with Crippen LogP contribution in [0.3, 0.4) is 0 Å². The summed E-state index contributed by atoms with van der Waals surface area (Å²) in [4.78, 5) is 27.4. The molecule has 27 heavy (non-hydrogen) atoms. The van der Waals surface area contributed by atoms with E-state index in [1.54, 1.807) is 19.9 Å². The molecule has 1 unspecified atom stereocenters. The van der Waals surface area contributed by atoms with Gasteiger partial charge in [0.15, 0.2) is 5.78 Å². The number of aromatic amines is 1. The van der Waals surface area contributed by atoms with Gasteiger partial charge in [-0.15, -0.1) is 0 Å². The third-order valence-electron chi connectivity index (χ3n) is 4.52. The molecule has 2 rings (SSSR count). The van der Waals surface area contributed by atoms with Gasteiger partial charge in [0.25, 0.3) is 5.91 Å². The molecular weight excluding hydrogens is 357 g/mol. The maximum atomic E-state index is 13.0. The Morgan fingerprint density at radius 3 is 2.41 bits per heavy atom. The van der Waals surface area contributed by atoms with Gasteiger partial charge in [-0.25, -0.2) is 0 Å². The molecule has 0 aliphatic rings. The van der Waals surface area contributed by atoms with E-state index in [4.69, 9.17) is 0 Å². The molecule has 0 radical (unpaired) electrons. The predicted octanol–water partition coefficient (Wildman–Crippen LogP) is 5.12. The van der Waals surface area contributed by atoms with E-state index >= 15 is 0 Å². The second-order valence-electron chi connectivity index (χ2n) is 6.62. The number of benzene rings is 1. The normalized spacial score (nSPS) is 12.7. The minimum absolute atomic E-state index is 0.150. The summed E-state index contributed by atoms with van der Waals surface area (Å²) in [6.07, 6.45) is -3.27. The molecule has 0 spiro atoms. The molecule has 1 atom stereocenters. The number of hydrogen-bond donors (Lipinski definition) is 2. The summed E-state index contributed by atoms with van der Waals surface area (Å²) < 4.78 is 39.0. The first kappa shape index (κ1) is 20.7. The minimum atomic E-state index is -4.44. The third kappa shape index (κ3) is 4.59. The van der Waals surface area contributed by atoms with E-state index in [0.717, 1.165) is 12.1 Å². The SMILES string of the molecule is CCCC(NC(=O)c1[nH]c(C)c(C(C)=O)c1C)c1cccc(C(F)(F)F)c1. The van der Waals surface area contributed by atoms with E-state index in [1.807, 2.05) is 6.92 Å². The lowest BCUT2D eigenvalue weighted by Crippen LogP contribution is -2.29. The van der Waals surface area contributed by atoms with Crippen LogP contribution in [0.4, 0.5) is 13.2 Å². The Morgan fingerprint density at radius 1 is 1.22 bits per heavy atom. The monoisotopic (exact) mass is 380 g/mol. The largest absolute Gasteiger partial charge is 0.416 e. The number of amides is 1. The molecule has 0 fully saturated rings. The minimum Gasteiger partial charge on any atom is -0.354 e. The highest BCUT2D eigenvalue weighted by Gasteiger charge is 2.31. The van der Waals surface area contributed by atoms with Gasteiger partial charge in [-0.1, -0.05) is 25.5 Å². The van der Waals surface area contributed by atoms with Crippen LogP contribution in [0.2, 0.25) is 0 Å². The molecule has 1 amide bonds. The number of ketones is 1. The molecule has 7 heteroatoms. The van der Waals surface area contributed by atoms with Crippen molar-refractivity contribution >= 4 is 11.7 Å². The van der Waals surface area contributed by atoms with Crippen LogP contribution >= 0.6 is 0 Å². The molecule has 1 aromatic carbocycles. The highest BCUT2D eigenvalue weighted by Crippen LogP contribution is 2.31. The molecule has 4 nitrogen and oxygen atoms in total. The molecule has 2 N–H and O–H groups in total. The van der Waals surface area contributed by atoms with Crippen LogP contribution < -0.4 is 5.32 Å². The second-order valence-corrected chi connectivity index (χ2v) is 6.62. The first-order chi connectivity index (χ1) is 12.6. The summed E-state index contributed by atoms with van der Waals surface area (Å²) >= 11 is 0. The lowest BCUT2D eigenvalue weighted by atomic mass is 9.99. The fraction of sp³-hybridized carbons (Fsp3) is 0.400. The van der Waals surface area contributed by atoms with Gasteiger partial charge >= 0.3 is 6.18 Å². The lowest BCUT2D eigenvalue weighted by Gasteiger charge is -2.20. The Kier molecular flexibility index (Phi) is 6.13. The number of hydrogen-bond acceptors (Lipinski definition) is 2.